The number of nitrogens with one attached hydrogen (secondary N) is 1. The maximum absolute atomic E-state index is 14.3. The van der Waals surface area contributed by atoms with Crippen LogP contribution in [0.5, 0.6) is 5.75 Å². The minimum absolute atomic E-state index is 0.0184. The van der Waals surface area contributed by atoms with Crippen LogP contribution in [0, 0.1) is 5.82 Å². The fourth-order valence-electron chi connectivity index (χ4n) is 2.12. The van der Waals surface area contributed by atoms with Gasteiger partial charge in [0.05, 0.1) is 29.3 Å². The zero-order chi connectivity index (χ0) is 14.9. The van der Waals surface area contributed by atoms with Crippen molar-refractivity contribution in [3.8, 4) is 5.75 Å². The van der Waals surface area contributed by atoms with E-state index in [1.807, 2.05) is 0 Å². The number of carbonyl (C=O) groups is 1. The highest BCUT2D eigenvalue weighted by Crippen LogP contribution is 2.39. The summed E-state index contributed by atoms with van der Waals surface area (Å²) in [5.74, 6) is -0.490. The summed E-state index contributed by atoms with van der Waals surface area (Å²) in [6.45, 7) is 3.54. The van der Waals surface area contributed by atoms with Crippen LogP contribution in [0.3, 0.4) is 0 Å². The van der Waals surface area contributed by atoms with Crippen molar-refractivity contribution in [2.45, 2.75) is 26.0 Å². The second-order valence-corrected chi connectivity index (χ2v) is 4.82. The predicted octanol–water partition coefficient (Wildman–Crippen LogP) is 2.71. The van der Waals surface area contributed by atoms with Crippen molar-refractivity contribution in [1.29, 1.82) is 0 Å². The summed E-state index contributed by atoms with van der Waals surface area (Å²) in [5.41, 5.74) is 0.468. The number of benzene rings is 1. The summed E-state index contributed by atoms with van der Waals surface area (Å²) in [7, 11) is 0. The Labute approximate surface area is 120 Å². The lowest BCUT2D eigenvalue weighted by atomic mass is 9.99. The summed E-state index contributed by atoms with van der Waals surface area (Å²) in [4.78, 5) is 11.1. The van der Waals surface area contributed by atoms with E-state index in [0.717, 1.165) is 0 Å². The molecule has 0 bridgehead atoms. The highest BCUT2D eigenvalue weighted by Gasteiger charge is 2.32. The molecule has 20 heavy (non-hydrogen) atoms. The quantitative estimate of drug-likeness (QED) is 0.897. The van der Waals surface area contributed by atoms with E-state index in [1.54, 1.807) is 6.92 Å². The lowest BCUT2D eigenvalue weighted by molar-refractivity contribution is 0.176. The monoisotopic (exact) mass is 303 g/mol. The molecular weight excluding hydrogens is 289 g/mol. The lowest BCUT2D eigenvalue weighted by Crippen LogP contribution is -2.21. The largest absolute Gasteiger partial charge is 0.493 e. The molecule has 1 aromatic rings. The number of hydrogen-bond acceptors (Lipinski definition) is 4. The molecule has 1 aromatic carbocycles. The average molecular weight is 304 g/mol. The highest BCUT2D eigenvalue weighted by molar-refractivity contribution is 6.31. The predicted molar refractivity (Wildman–Crippen MR) is 70.4 cm³/mol. The van der Waals surface area contributed by atoms with Gasteiger partial charge in [-0.05, 0) is 19.9 Å². The van der Waals surface area contributed by atoms with E-state index in [-0.39, 0.29) is 29.5 Å². The first-order valence-corrected chi connectivity index (χ1v) is 6.59. The van der Waals surface area contributed by atoms with Crippen LogP contribution in [-0.2, 0) is 4.74 Å². The molecule has 7 heteroatoms. The van der Waals surface area contributed by atoms with Crippen LogP contribution in [0.25, 0.3) is 0 Å². The summed E-state index contributed by atoms with van der Waals surface area (Å²) < 4.78 is 24.5. The van der Waals surface area contributed by atoms with Crippen molar-refractivity contribution in [3.05, 3.63) is 28.0 Å². The van der Waals surface area contributed by atoms with Crippen molar-refractivity contribution in [1.82, 2.24) is 5.32 Å². The molecule has 0 aliphatic carbocycles. The van der Waals surface area contributed by atoms with E-state index in [0.29, 0.717) is 5.56 Å². The van der Waals surface area contributed by atoms with Gasteiger partial charge in [-0.25, -0.2) is 9.18 Å². The van der Waals surface area contributed by atoms with Crippen molar-refractivity contribution in [2.24, 2.45) is 0 Å². The van der Waals surface area contributed by atoms with Gasteiger partial charge in [0.2, 0.25) is 0 Å². The number of cyclic esters (lactones) is 1. The maximum Gasteiger partial charge on any atom is 0.407 e. The van der Waals surface area contributed by atoms with Crippen LogP contribution in [0.2, 0.25) is 5.02 Å². The average Bonchev–Trinajstić information content (AvgIpc) is 2.80. The van der Waals surface area contributed by atoms with Crippen LogP contribution in [-0.4, -0.2) is 24.4 Å². The molecule has 2 rings (SSSR count). The molecule has 0 aromatic heterocycles. The number of halogens is 2. The number of hydrogen-bond donors (Lipinski definition) is 2. The van der Waals surface area contributed by atoms with Crippen LogP contribution < -0.4 is 10.1 Å². The van der Waals surface area contributed by atoms with Gasteiger partial charge < -0.3 is 19.9 Å². The third-order valence-corrected chi connectivity index (χ3v) is 3.27. The first-order valence-electron chi connectivity index (χ1n) is 6.21. The standard InChI is InChI=1S/C13H15ClFNO4/c1-3-19-12-7(6(2)17)4-8(14)11(15)10(12)9-5-20-13(18)16-9/h4,6,9,17H,3,5H2,1-2H3,(H,16,18). The lowest BCUT2D eigenvalue weighted by Gasteiger charge is -2.21. The van der Waals surface area contributed by atoms with Gasteiger partial charge in [-0.1, -0.05) is 11.6 Å². The number of rotatable bonds is 4. The van der Waals surface area contributed by atoms with E-state index >= 15 is 0 Å². The normalized spacial score (nSPS) is 19.4. The van der Waals surface area contributed by atoms with E-state index in [1.165, 1.54) is 13.0 Å². The first-order chi connectivity index (χ1) is 9.45. The molecule has 5 nitrogen and oxygen atoms in total. The summed E-state index contributed by atoms with van der Waals surface area (Å²) in [5, 5.41) is 12.1. The Morgan fingerprint density at radius 2 is 2.40 bits per heavy atom. The smallest absolute Gasteiger partial charge is 0.407 e. The van der Waals surface area contributed by atoms with Crippen molar-refractivity contribution in [3.63, 3.8) is 0 Å². The molecule has 1 aliphatic rings. The molecule has 1 fully saturated rings. The Morgan fingerprint density at radius 1 is 1.70 bits per heavy atom. The van der Waals surface area contributed by atoms with E-state index in [2.05, 4.69) is 5.32 Å². The molecule has 1 heterocycles. The molecular formula is C13H15ClFNO4. The molecule has 2 N–H and O–H groups in total. The topological polar surface area (TPSA) is 67.8 Å². The summed E-state index contributed by atoms with van der Waals surface area (Å²) in [6, 6.07) is 0.633. The second kappa shape index (κ2) is 5.85. The van der Waals surface area contributed by atoms with Gasteiger partial charge in [-0.2, -0.15) is 0 Å². The molecule has 0 radical (unpaired) electrons. The van der Waals surface area contributed by atoms with E-state index < -0.39 is 24.1 Å². The van der Waals surface area contributed by atoms with Gasteiger partial charge in [0.1, 0.15) is 12.4 Å². The van der Waals surface area contributed by atoms with Crippen LogP contribution >= 0.6 is 11.6 Å². The van der Waals surface area contributed by atoms with Gasteiger partial charge >= 0.3 is 6.09 Å². The highest BCUT2D eigenvalue weighted by atomic mass is 35.5. The summed E-state index contributed by atoms with van der Waals surface area (Å²) in [6.07, 6.45) is -1.51. The number of carbonyl (C=O) groups excluding carboxylic acids is 1. The molecule has 1 amide bonds. The summed E-state index contributed by atoms with van der Waals surface area (Å²) >= 11 is 5.85. The van der Waals surface area contributed by atoms with Gasteiger partial charge in [0.25, 0.3) is 0 Å². The fraction of sp³-hybridized carbons (Fsp3) is 0.462. The van der Waals surface area contributed by atoms with Crippen LogP contribution in [0.4, 0.5) is 9.18 Å². The van der Waals surface area contributed by atoms with Crippen LogP contribution in [0.1, 0.15) is 37.1 Å². The number of ether oxygens (including phenoxy) is 2. The number of aliphatic hydroxyl groups excluding tert-OH is 1. The zero-order valence-electron chi connectivity index (χ0n) is 11.1. The van der Waals surface area contributed by atoms with Crippen molar-refractivity contribution in [2.75, 3.05) is 13.2 Å². The number of alkyl carbamates (subject to hydrolysis) is 1. The van der Waals surface area contributed by atoms with Gasteiger partial charge in [-0.3, -0.25) is 0 Å². The third-order valence-electron chi connectivity index (χ3n) is 3.00. The van der Waals surface area contributed by atoms with Gasteiger partial charge in [0, 0.05) is 5.56 Å². The molecule has 1 saturated heterocycles. The van der Waals surface area contributed by atoms with E-state index in [9.17, 15) is 14.3 Å². The van der Waals surface area contributed by atoms with Crippen molar-refractivity contribution < 1.29 is 23.8 Å². The Kier molecular flexibility index (Phi) is 4.35. The number of amides is 1. The Balaban J connectivity index is 2.59. The second-order valence-electron chi connectivity index (χ2n) is 4.41. The van der Waals surface area contributed by atoms with Crippen LogP contribution in [0.15, 0.2) is 6.07 Å². The first kappa shape index (κ1) is 14.9. The SMILES string of the molecule is CCOc1c(C(C)O)cc(Cl)c(F)c1C1COC(=O)N1. The molecule has 1 aliphatic heterocycles. The molecule has 2 unspecified atom stereocenters. The van der Waals surface area contributed by atoms with E-state index in [4.69, 9.17) is 21.1 Å². The maximum atomic E-state index is 14.3. The Hall–Kier alpha value is -1.53. The van der Waals surface area contributed by atoms with Gasteiger partial charge in [0.15, 0.2) is 5.82 Å². The fourth-order valence-corrected chi connectivity index (χ4v) is 2.34. The Morgan fingerprint density at radius 3 is 2.90 bits per heavy atom. The molecule has 0 saturated carbocycles. The Bertz CT molecular complexity index is 536. The van der Waals surface area contributed by atoms with Crippen molar-refractivity contribution >= 4 is 17.7 Å². The molecule has 0 spiro atoms. The molecule has 2 atom stereocenters. The minimum Gasteiger partial charge on any atom is -0.493 e. The molecule has 110 valence electrons. The minimum atomic E-state index is -0.883. The number of aliphatic hydroxyl groups is 1. The van der Waals surface area contributed by atoms with Gasteiger partial charge in [-0.15, -0.1) is 0 Å². The third kappa shape index (κ3) is 2.66. The zero-order valence-corrected chi connectivity index (χ0v) is 11.8.